The number of fused-ring (bicyclic) bond motifs is 1. The lowest BCUT2D eigenvalue weighted by Crippen LogP contribution is -2.43. The highest BCUT2D eigenvalue weighted by molar-refractivity contribution is 7.89. The van der Waals surface area contributed by atoms with Crippen LogP contribution in [0.15, 0.2) is 32.7 Å². The summed E-state index contributed by atoms with van der Waals surface area (Å²) in [5, 5.41) is 0. The van der Waals surface area contributed by atoms with Gasteiger partial charge in [0.1, 0.15) is 0 Å². The summed E-state index contributed by atoms with van der Waals surface area (Å²) in [6, 6.07) is 4.27. The number of piperidine rings is 1. The zero-order chi connectivity index (χ0) is 17.3. The van der Waals surface area contributed by atoms with Crippen LogP contribution in [0.3, 0.4) is 0 Å². The molecular weight excluding hydrogens is 334 g/mol. The van der Waals surface area contributed by atoms with Crippen LogP contribution < -0.4 is 11.1 Å². The van der Waals surface area contributed by atoms with Crippen LogP contribution in [0.1, 0.15) is 19.8 Å². The Hall–Kier alpha value is -1.97. The molecule has 1 aliphatic rings. The minimum absolute atomic E-state index is 0.0786. The average Bonchev–Trinajstić information content (AvgIpc) is 2.56. The molecule has 1 unspecified atom stereocenters. The minimum Gasteiger partial charge on any atom is -0.377 e. The minimum atomic E-state index is -3.69. The Morgan fingerprint density at radius 3 is 2.62 bits per heavy atom. The van der Waals surface area contributed by atoms with Gasteiger partial charge < -0.3 is 14.7 Å². The first-order valence-corrected chi connectivity index (χ1v) is 9.24. The molecule has 1 saturated heterocycles. The van der Waals surface area contributed by atoms with Gasteiger partial charge in [-0.05, 0) is 38.0 Å². The summed E-state index contributed by atoms with van der Waals surface area (Å²) in [6.07, 6.45) is 1.48. The van der Waals surface area contributed by atoms with Crippen LogP contribution in [0.4, 0.5) is 0 Å². The molecule has 0 amide bonds. The molecule has 24 heavy (non-hydrogen) atoms. The van der Waals surface area contributed by atoms with Crippen molar-refractivity contribution < 1.29 is 13.2 Å². The van der Waals surface area contributed by atoms with Gasteiger partial charge in [-0.3, -0.25) is 9.59 Å². The maximum absolute atomic E-state index is 12.8. The summed E-state index contributed by atoms with van der Waals surface area (Å²) in [7, 11) is -3.69. The van der Waals surface area contributed by atoms with Gasteiger partial charge in [0.05, 0.1) is 22.0 Å². The van der Waals surface area contributed by atoms with Crippen molar-refractivity contribution in [3.05, 3.63) is 38.9 Å². The molecule has 0 saturated carbocycles. The molecule has 0 spiro atoms. The molecule has 0 radical (unpaired) electrons. The topological polar surface area (TPSA) is 112 Å². The molecule has 1 fully saturated rings. The highest BCUT2D eigenvalue weighted by Gasteiger charge is 2.30. The number of sulfonamides is 1. The second-order valence-corrected chi connectivity index (χ2v) is 7.64. The SMILES string of the molecule is CCOC1CCCN(S(=O)(=O)c2ccc3[nH]c(=O)c(=O)[nH]c3c2)C1. The largest absolute Gasteiger partial charge is 0.377 e. The van der Waals surface area contributed by atoms with Gasteiger partial charge in [-0.25, -0.2) is 8.42 Å². The number of nitrogens with zero attached hydrogens (tertiary/aromatic N) is 1. The molecular formula is C15H19N3O5S. The maximum Gasteiger partial charge on any atom is 0.314 e. The number of H-pyrrole nitrogens is 2. The predicted molar refractivity (Wildman–Crippen MR) is 88.6 cm³/mol. The number of hydrogen-bond acceptors (Lipinski definition) is 5. The van der Waals surface area contributed by atoms with Crippen LogP contribution in [0.25, 0.3) is 11.0 Å². The number of hydrogen-bond donors (Lipinski definition) is 2. The third-order valence-electron chi connectivity index (χ3n) is 4.07. The second-order valence-electron chi connectivity index (χ2n) is 5.70. The summed E-state index contributed by atoms with van der Waals surface area (Å²) in [6.45, 7) is 3.18. The van der Waals surface area contributed by atoms with Gasteiger partial charge in [0, 0.05) is 19.7 Å². The number of rotatable bonds is 4. The van der Waals surface area contributed by atoms with Crippen molar-refractivity contribution in [1.29, 1.82) is 0 Å². The fraction of sp³-hybridized carbons (Fsp3) is 0.467. The van der Waals surface area contributed by atoms with Gasteiger partial charge in [-0.2, -0.15) is 4.31 Å². The first-order chi connectivity index (χ1) is 11.4. The Morgan fingerprint density at radius 1 is 1.21 bits per heavy atom. The Balaban J connectivity index is 1.97. The molecule has 3 rings (SSSR count). The first-order valence-electron chi connectivity index (χ1n) is 7.80. The smallest absolute Gasteiger partial charge is 0.314 e. The fourth-order valence-corrected chi connectivity index (χ4v) is 4.44. The number of ether oxygens (including phenoxy) is 1. The molecule has 1 aromatic carbocycles. The summed E-state index contributed by atoms with van der Waals surface area (Å²) in [5.41, 5.74) is -0.927. The Morgan fingerprint density at radius 2 is 1.92 bits per heavy atom. The van der Waals surface area contributed by atoms with Crippen LogP contribution in [0.5, 0.6) is 0 Å². The van der Waals surface area contributed by atoms with Gasteiger partial charge in [0.25, 0.3) is 0 Å². The van der Waals surface area contributed by atoms with Crippen LogP contribution in [0, 0.1) is 0 Å². The van der Waals surface area contributed by atoms with Crippen molar-refractivity contribution in [3.8, 4) is 0 Å². The van der Waals surface area contributed by atoms with E-state index in [0.717, 1.165) is 12.8 Å². The molecule has 8 nitrogen and oxygen atoms in total. The second kappa shape index (κ2) is 6.50. The third-order valence-corrected chi connectivity index (χ3v) is 5.94. The molecule has 0 aliphatic carbocycles. The van der Waals surface area contributed by atoms with Crippen molar-refractivity contribution in [2.45, 2.75) is 30.8 Å². The molecule has 2 heterocycles. The van der Waals surface area contributed by atoms with E-state index in [1.165, 1.54) is 22.5 Å². The van der Waals surface area contributed by atoms with Crippen LogP contribution >= 0.6 is 0 Å². The molecule has 2 N–H and O–H groups in total. The highest BCUT2D eigenvalue weighted by atomic mass is 32.2. The number of aromatic nitrogens is 2. The average molecular weight is 353 g/mol. The zero-order valence-corrected chi connectivity index (χ0v) is 14.1. The lowest BCUT2D eigenvalue weighted by Gasteiger charge is -2.31. The normalized spacial score (nSPS) is 19.6. The lowest BCUT2D eigenvalue weighted by atomic mass is 10.1. The fourth-order valence-electron chi connectivity index (χ4n) is 2.90. The van der Waals surface area contributed by atoms with Gasteiger partial charge in [-0.15, -0.1) is 0 Å². The summed E-state index contributed by atoms with van der Waals surface area (Å²) in [4.78, 5) is 27.6. The molecule has 1 aliphatic heterocycles. The van der Waals surface area contributed by atoms with Crippen molar-refractivity contribution in [1.82, 2.24) is 14.3 Å². The predicted octanol–water partition coefficient (Wildman–Crippen LogP) is 0.406. The van der Waals surface area contributed by atoms with E-state index in [4.69, 9.17) is 4.74 Å². The van der Waals surface area contributed by atoms with Gasteiger partial charge in [0.15, 0.2) is 0 Å². The molecule has 1 atom stereocenters. The van der Waals surface area contributed by atoms with Gasteiger partial charge >= 0.3 is 11.1 Å². The molecule has 0 bridgehead atoms. The van der Waals surface area contributed by atoms with Gasteiger partial charge in [0.2, 0.25) is 10.0 Å². The van der Waals surface area contributed by atoms with E-state index in [1.807, 2.05) is 6.92 Å². The van der Waals surface area contributed by atoms with Crippen LogP contribution in [-0.2, 0) is 14.8 Å². The molecule has 130 valence electrons. The first kappa shape index (κ1) is 16.9. The Labute approximate surface area is 138 Å². The molecule has 1 aromatic heterocycles. The van der Waals surface area contributed by atoms with Crippen LogP contribution in [0.2, 0.25) is 0 Å². The third kappa shape index (κ3) is 3.14. The van der Waals surface area contributed by atoms with E-state index < -0.39 is 21.1 Å². The van der Waals surface area contributed by atoms with Gasteiger partial charge in [-0.1, -0.05) is 0 Å². The lowest BCUT2D eigenvalue weighted by molar-refractivity contribution is 0.0265. The number of benzene rings is 1. The van der Waals surface area contributed by atoms with Crippen molar-refractivity contribution in [2.75, 3.05) is 19.7 Å². The monoisotopic (exact) mass is 353 g/mol. The summed E-state index contributed by atoms with van der Waals surface area (Å²) in [5.74, 6) is 0. The Bertz CT molecular complexity index is 961. The molecule has 9 heteroatoms. The highest BCUT2D eigenvalue weighted by Crippen LogP contribution is 2.23. The quantitative estimate of drug-likeness (QED) is 0.773. The van der Waals surface area contributed by atoms with Crippen LogP contribution in [-0.4, -0.2) is 48.5 Å². The summed E-state index contributed by atoms with van der Waals surface area (Å²) < 4.78 is 32.6. The zero-order valence-electron chi connectivity index (χ0n) is 13.2. The molecule has 2 aromatic rings. The Kier molecular flexibility index (Phi) is 4.57. The van der Waals surface area contributed by atoms with E-state index in [9.17, 15) is 18.0 Å². The van der Waals surface area contributed by atoms with E-state index in [1.54, 1.807) is 0 Å². The number of nitrogens with one attached hydrogen (secondary N) is 2. The maximum atomic E-state index is 12.8. The van der Waals surface area contributed by atoms with E-state index in [-0.39, 0.29) is 16.5 Å². The number of aromatic amines is 2. The van der Waals surface area contributed by atoms with E-state index >= 15 is 0 Å². The van der Waals surface area contributed by atoms with E-state index in [0.29, 0.717) is 25.2 Å². The van der Waals surface area contributed by atoms with Crippen molar-refractivity contribution in [3.63, 3.8) is 0 Å². The van der Waals surface area contributed by atoms with Crippen molar-refractivity contribution in [2.24, 2.45) is 0 Å². The van der Waals surface area contributed by atoms with Crippen molar-refractivity contribution >= 4 is 21.1 Å². The standard InChI is InChI=1S/C15H19N3O5S/c1-2-23-10-4-3-7-18(9-10)24(21,22)11-5-6-12-13(8-11)17-15(20)14(19)16-12/h5-6,8,10H,2-4,7,9H2,1H3,(H,16,19)(H,17,20). The summed E-state index contributed by atoms with van der Waals surface area (Å²) >= 11 is 0. The van der Waals surface area contributed by atoms with E-state index in [2.05, 4.69) is 9.97 Å².